The number of aliphatic imine (C=N–C) groups is 1. The zero-order chi connectivity index (χ0) is 18.8. The molecule has 26 heavy (non-hydrogen) atoms. The number of likely N-dealkylation sites (tertiary alicyclic amines) is 1. The average Bonchev–Trinajstić information content (AvgIpc) is 2.64. The van der Waals surface area contributed by atoms with E-state index in [0.717, 1.165) is 18.3 Å². The van der Waals surface area contributed by atoms with E-state index >= 15 is 0 Å². The SMILES string of the molecule is CCCCN1CCC(NC(=NC)NCC(C)Oc2cccc(C)c2)CC1. The lowest BCUT2D eigenvalue weighted by atomic mass is 10.0. The van der Waals surface area contributed by atoms with Gasteiger partial charge in [-0.3, -0.25) is 4.99 Å². The molecule has 0 aliphatic carbocycles. The fourth-order valence-corrected chi connectivity index (χ4v) is 3.27. The predicted molar refractivity (Wildman–Crippen MR) is 110 cm³/mol. The van der Waals surface area contributed by atoms with Crippen molar-refractivity contribution < 1.29 is 4.74 Å². The maximum absolute atomic E-state index is 5.98. The van der Waals surface area contributed by atoms with Crippen LogP contribution in [-0.2, 0) is 0 Å². The van der Waals surface area contributed by atoms with Crippen LogP contribution in [0.25, 0.3) is 0 Å². The fraction of sp³-hybridized carbons (Fsp3) is 0.667. The number of ether oxygens (including phenoxy) is 1. The maximum Gasteiger partial charge on any atom is 0.191 e. The van der Waals surface area contributed by atoms with Gasteiger partial charge >= 0.3 is 0 Å². The Labute approximate surface area is 159 Å². The van der Waals surface area contributed by atoms with Gasteiger partial charge in [0.1, 0.15) is 11.9 Å². The van der Waals surface area contributed by atoms with Crippen molar-refractivity contribution in [3.05, 3.63) is 29.8 Å². The van der Waals surface area contributed by atoms with Crippen molar-refractivity contribution in [3.8, 4) is 5.75 Å². The molecule has 1 aromatic rings. The Kier molecular flexibility index (Phi) is 8.75. The van der Waals surface area contributed by atoms with Gasteiger partial charge in [0.15, 0.2) is 5.96 Å². The standard InChI is InChI=1S/C21H36N4O/c1-5-6-12-25-13-10-19(11-14-25)24-21(22-4)23-16-18(3)26-20-9-7-8-17(2)15-20/h7-9,15,18-19H,5-6,10-14,16H2,1-4H3,(H2,22,23,24). The molecule has 0 saturated carbocycles. The summed E-state index contributed by atoms with van der Waals surface area (Å²) in [5, 5.41) is 6.96. The summed E-state index contributed by atoms with van der Waals surface area (Å²) >= 11 is 0. The molecule has 1 heterocycles. The Morgan fingerprint density at radius 1 is 1.35 bits per heavy atom. The predicted octanol–water partition coefficient (Wildman–Crippen LogP) is 3.19. The van der Waals surface area contributed by atoms with Crippen LogP contribution < -0.4 is 15.4 Å². The largest absolute Gasteiger partial charge is 0.489 e. The third-order valence-corrected chi connectivity index (χ3v) is 4.86. The zero-order valence-electron chi connectivity index (χ0n) is 16.9. The number of nitrogens with zero attached hydrogens (tertiary/aromatic N) is 2. The number of aryl methyl sites for hydroxylation is 1. The monoisotopic (exact) mass is 360 g/mol. The van der Waals surface area contributed by atoms with Gasteiger partial charge in [-0.05, 0) is 57.4 Å². The van der Waals surface area contributed by atoms with Crippen molar-refractivity contribution in [3.63, 3.8) is 0 Å². The Bertz CT molecular complexity index is 553. The van der Waals surface area contributed by atoms with Crippen LogP contribution in [0.3, 0.4) is 0 Å². The first-order chi connectivity index (χ1) is 12.6. The fourth-order valence-electron chi connectivity index (χ4n) is 3.27. The lowest BCUT2D eigenvalue weighted by molar-refractivity contribution is 0.202. The molecule has 1 aliphatic heterocycles. The van der Waals surface area contributed by atoms with Gasteiger partial charge in [0.25, 0.3) is 0 Å². The first-order valence-electron chi connectivity index (χ1n) is 10.0. The van der Waals surface area contributed by atoms with Gasteiger partial charge in [-0.15, -0.1) is 0 Å². The first kappa shape index (κ1) is 20.6. The van der Waals surface area contributed by atoms with Crippen molar-refractivity contribution in [2.24, 2.45) is 4.99 Å². The molecule has 0 spiro atoms. The van der Waals surface area contributed by atoms with Crippen LogP contribution in [0, 0.1) is 6.92 Å². The van der Waals surface area contributed by atoms with Crippen LogP contribution in [-0.4, -0.2) is 56.2 Å². The van der Waals surface area contributed by atoms with E-state index in [1.807, 2.05) is 19.2 Å². The summed E-state index contributed by atoms with van der Waals surface area (Å²) in [6.07, 6.45) is 5.02. The number of benzene rings is 1. The number of piperidine rings is 1. The minimum atomic E-state index is 0.0752. The Balaban J connectivity index is 1.69. The molecule has 146 valence electrons. The van der Waals surface area contributed by atoms with Crippen LogP contribution >= 0.6 is 0 Å². The average molecular weight is 361 g/mol. The van der Waals surface area contributed by atoms with Gasteiger partial charge in [0, 0.05) is 26.2 Å². The topological polar surface area (TPSA) is 48.9 Å². The molecule has 1 unspecified atom stereocenters. The van der Waals surface area contributed by atoms with Crippen LogP contribution in [0.5, 0.6) is 5.75 Å². The van der Waals surface area contributed by atoms with Crippen molar-refractivity contribution in [2.75, 3.05) is 33.2 Å². The molecule has 1 atom stereocenters. The normalized spacial score (nSPS) is 17.8. The van der Waals surface area contributed by atoms with E-state index in [2.05, 4.69) is 53.4 Å². The molecule has 5 heteroatoms. The molecule has 1 saturated heterocycles. The van der Waals surface area contributed by atoms with E-state index in [0.29, 0.717) is 6.04 Å². The molecule has 1 aromatic carbocycles. The number of unbranched alkanes of at least 4 members (excludes halogenated alkanes) is 1. The third kappa shape index (κ3) is 7.24. The summed E-state index contributed by atoms with van der Waals surface area (Å²) in [5.41, 5.74) is 1.21. The van der Waals surface area contributed by atoms with Crippen LogP contribution in [0.4, 0.5) is 0 Å². The van der Waals surface area contributed by atoms with E-state index in [1.54, 1.807) is 0 Å². The van der Waals surface area contributed by atoms with Gasteiger partial charge < -0.3 is 20.3 Å². The van der Waals surface area contributed by atoms with Gasteiger partial charge in [0.05, 0.1) is 6.54 Å². The van der Waals surface area contributed by atoms with E-state index in [1.165, 1.54) is 50.9 Å². The third-order valence-electron chi connectivity index (χ3n) is 4.86. The molecule has 0 bridgehead atoms. The van der Waals surface area contributed by atoms with Crippen molar-refractivity contribution >= 4 is 5.96 Å². The van der Waals surface area contributed by atoms with Gasteiger partial charge in [0.2, 0.25) is 0 Å². The minimum absolute atomic E-state index is 0.0752. The molecule has 5 nitrogen and oxygen atoms in total. The number of hydrogen-bond donors (Lipinski definition) is 2. The summed E-state index contributed by atoms with van der Waals surface area (Å²) in [7, 11) is 1.83. The Hall–Kier alpha value is -1.75. The van der Waals surface area contributed by atoms with E-state index < -0.39 is 0 Å². The van der Waals surface area contributed by atoms with Crippen molar-refractivity contribution in [2.45, 2.75) is 58.6 Å². The molecular weight excluding hydrogens is 324 g/mol. The molecular formula is C21H36N4O. The molecule has 2 rings (SSSR count). The highest BCUT2D eigenvalue weighted by atomic mass is 16.5. The molecule has 0 radical (unpaired) electrons. The summed E-state index contributed by atoms with van der Waals surface area (Å²) < 4.78 is 5.98. The summed E-state index contributed by atoms with van der Waals surface area (Å²) in [6, 6.07) is 8.68. The van der Waals surface area contributed by atoms with Gasteiger partial charge in [-0.1, -0.05) is 25.5 Å². The lowest BCUT2D eigenvalue weighted by Gasteiger charge is -2.33. The summed E-state index contributed by atoms with van der Waals surface area (Å²) in [4.78, 5) is 6.95. The number of rotatable bonds is 8. The highest BCUT2D eigenvalue weighted by molar-refractivity contribution is 5.80. The number of hydrogen-bond acceptors (Lipinski definition) is 3. The first-order valence-corrected chi connectivity index (χ1v) is 10.0. The lowest BCUT2D eigenvalue weighted by Crippen LogP contribution is -2.50. The van der Waals surface area contributed by atoms with Crippen molar-refractivity contribution in [1.29, 1.82) is 0 Å². The van der Waals surface area contributed by atoms with E-state index in [-0.39, 0.29) is 6.10 Å². The van der Waals surface area contributed by atoms with Crippen LogP contribution in [0.15, 0.2) is 29.3 Å². The summed E-state index contributed by atoms with van der Waals surface area (Å²) in [5.74, 6) is 1.79. The summed E-state index contributed by atoms with van der Waals surface area (Å²) in [6.45, 7) is 10.7. The molecule has 2 N–H and O–H groups in total. The highest BCUT2D eigenvalue weighted by Gasteiger charge is 2.19. The second kappa shape index (κ2) is 11.1. The minimum Gasteiger partial charge on any atom is -0.489 e. The number of guanidine groups is 1. The van der Waals surface area contributed by atoms with Crippen LogP contribution in [0.1, 0.15) is 45.1 Å². The quantitative estimate of drug-likeness (QED) is 0.552. The van der Waals surface area contributed by atoms with Gasteiger partial charge in [-0.25, -0.2) is 0 Å². The molecule has 0 aromatic heterocycles. The Morgan fingerprint density at radius 2 is 2.12 bits per heavy atom. The molecule has 1 aliphatic rings. The van der Waals surface area contributed by atoms with Crippen molar-refractivity contribution in [1.82, 2.24) is 15.5 Å². The molecule has 1 fully saturated rings. The second-order valence-electron chi connectivity index (χ2n) is 7.31. The molecule has 0 amide bonds. The smallest absolute Gasteiger partial charge is 0.191 e. The Morgan fingerprint density at radius 3 is 2.77 bits per heavy atom. The number of nitrogens with one attached hydrogen (secondary N) is 2. The van der Waals surface area contributed by atoms with E-state index in [9.17, 15) is 0 Å². The highest BCUT2D eigenvalue weighted by Crippen LogP contribution is 2.14. The zero-order valence-corrected chi connectivity index (χ0v) is 16.9. The maximum atomic E-state index is 5.98. The van der Waals surface area contributed by atoms with Gasteiger partial charge in [-0.2, -0.15) is 0 Å². The van der Waals surface area contributed by atoms with Crippen LogP contribution in [0.2, 0.25) is 0 Å². The second-order valence-corrected chi connectivity index (χ2v) is 7.31. The van der Waals surface area contributed by atoms with E-state index in [4.69, 9.17) is 4.74 Å².